The van der Waals surface area contributed by atoms with Crippen LogP contribution in [0, 0.1) is 11.6 Å². The first kappa shape index (κ1) is 17.9. The van der Waals surface area contributed by atoms with Gasteiger partial charge in [-0.1, -0.05) is 29.8 Å². The SMILES string of the molecule is C[C@@H](NC(=O)COC(=O)c1ccc(F)cc1F)c1ccccc1Cl. The molecule has 1 N–H and O–H groups in total. The van der Waals surface area contributed by atoms with Crippen LogP contribution in [0.5, 0.6) is 0 Å². The van der Waals surface area contributed by atoms with Crippen molar-refractivity contribution in [3.05, 3.63) is 70.2 Å². The highest BCUT2D eigenvalue weighted by Gasteiger charge is 2.17. The molecule has 2 rings (SSSR count). The topological polar surface area (TPSA) is 55.4 Å². The largest absolute Gasteiger partial charge is 0.452 e. The maximum absolute atomic E-state index is 13.4. The fraction of sp³-hybridized carbons (Fsp3) is 0.176. The molecular formula is C17H14ClF2NO3. The van der Waals surface area contributed by atoms with Crippen LogP contribution in [0.15, 0.2) is 42.5 Å². The van der Waals surface area contributed by atoms with Crippen LogP contribution >= 0.6 is 11.6 Å². The van der Waals surface area contributed by atoms with Gasteiger partial charge >= 0.3 is 5.97 Å². The predicted molar refractivity (Wildman–Crippen MR) is 84.7 cm³/mol. The Hall–Kier alpha value is -2.47. The molecule has 0 radical (unpaired) electrons. The van der Waals surface area contributed by atoms with Gasteiger partial charge in [-0.3, -0.25) is 4.79 Å². The number of rotatable bonds is 5. The zero-order valence-corrected chi connectivity index (χ0v) is 13.4. The van der Waals surface area contributed by atoms with Gasteiger partial charge in [0.1, 0.15) is 11.6 Å². The quantitative estimate of drug-likeness (QED) is 0.835. The Morgan fingerprint density at radius 3 is 2.58 bits per heavy atom. The van der Waals surface area contributed by atoms with E-state index in [1.807, 2.05) is 0 Å². The second-order valence-corrected chi connectivity index (χ2v) is 5.42. The van der Waals surface area contributed by atoms with Crippen LogP contribution in [0.3, 0.4) is 0 Å². The van der Waals surface area contributed by atoms with Crippen LogP contribution in [0.1, 0.15) is 28.9 Å². The molecule has 0 aliphatic rings. The first-order valence-corrected chi connectivity index (χ1v) is 7.42. The Kier molecular flexibility index (Phi) is 5.87. The molecule has 0 aromatic heterocycles. The number of hydrogen-bond acceptors (Lipinski definition) is 3. The summed E-state index contributed by atoms with van der Waals surface area (Å²) in [6, 6.07) is 9.05. The summed E-state index contributed by atoms with van der Waals surface area (Å²) in [7, 11) is 0. The van der Waals surface area contributed by atoms with Crippen molar-refractivity contribution >= 4 is 23.5 Å². The van der Waals surface area contributed by atoms with Crippen molar-refractivity contribution in [2.24, 2.45) is 0 Å². The Morgan fingerprint density at radius 1 is 1.21 bits per heavy atom. The third-order valence-electron chi connectivity index (χ3n) is 3.23. The number of carbonyl (C=O) groups excluding carboxylic acids is 2. The molecule has 0 aliphatic heterocycles. The number of esters is 1. The highest BCUT2D eigenvalue weighted by Crippen LogP contribution is 2.22. The molecule has 0 saturated carbocycles. The monoisotopic (exact) mass is 353 g/mol. The van der Waals surface area contributed by atoms with Gasteiger partial charge in [-0.2, -0.15) is 0 Å². The second-order valence-electron chi connectivity index (χ2n) is 5.01. The van der Waals surface area contributed by atoms with E-state index in [9.17, 15) is 18.4 Å². The van der Waals surface area contributed by atoms with E-state index in [1.54, 1.807) is 31.2 Å². The van der Waals surface area contributed by atoms with Gasteiger partial charge in [0.25, 0.3) is 5.91 Å². The predicted octanol–water partition coefficient (Wildman–Crippen LogP) is 3.65. The maximum atomic E-state index is 13.4. The summed E-state index contributed by atoms with van der Waals surface area (Å²) in [5.41, 5.74) is 0.270. The van der Waals surface area contributed by atoms with Crippen LogP contribution in [0.25, 0.3) is 0 Å². The van der Waals surface area contributed by atoms with Crippen LogP contribution < -0.4 is 5.32 Å². The Balaban J connectivity index is 1.91. The summed E-state index contributed by atoms with van der Waals surface area (Å²) in [4.78, 5) is 23.5. The Bertz CT molecular complexity index is 767. The summed E-state index contributed by atoms with van der Waals surface area (Å²) < 4.78 is 31.0. The van der Waals surface area contributed by atoms with E-state index in [0.717, 1.165) is 12.1 Å². The maximum Gasteiger partial charge on any atom is 0.341 e. The Morgan fingerprint density at radius 2 is 1.92 bits per heavy atom. The van der Waals surface area contributed by atoms with Gasteiger partial charge in [0, 0.05) is 11.1 Å². The van der Waals surface area contributed by atoms with Crippen molar-refractivity contribution < 1.29 is 23.1 Å². The molecule has 0 unspecified atom stereocenters. The van der Waals surface area contributed by atoms with E-state index in [4.69, 9.17) is 16.3 Å². The summed E-state index contributed by atoms with van der Waals surface area (Å²) >= 11 is 6.03. The van der Waals surface area contributed by atoms with Crippen molar-refractivity contribution in [2.75, 3.05) is 6.61 Å². The minimum Gasteiger partial charge on any atom is -0.452 e. The molecule has 7 heteroatoms. The number of amides is 1. The molecule has 2 aromatic rings. The fourth-order valence-corrected chi connectivity index (χ4v) is 2.35. The first-order chi connectivity index (χ1) is 11.4. The standard InChI is InChI=1S/C17H14ClF2NO3/c1-10(12-4-2-3-5-14(12)18)21-16(22)9-24-17(23)13-7-6-11(19)8-15(13)20/h2-8,10H,9H2,1H3,(H,21,22)/t10-/m1/s1. The fourth-order valence-electron chi connectivity index (χ4n) is 2.05. The lowest BCUT2D eigenvalue weighted by Crippen LogP contribution is -2.31. The van der Waals surface area contributed by atoms with Crippen LogP contribution in [0.4, 0.5) is 8.78 Å². The third-order valence-corrected chi connectivity index (χ3v) is 3.58. The van der Waals surface area contributed by atoms with Gasteiger partial charge in [0.15, 0.2) is 6.61 Å². The summed E-state index contributed by atoms with van der Waals surface area (Å²) in [5, 5.41) is 3.11. The number of hydrogen-bond donors (Lipinski definition) is 1. The van der Waals surface area contributed by atoms with Crippen molar-refractivity contribution in [1.29, 1.82) is 0 Å². The first-order valence-electron chi connectivity index (χ1n) is 7.04. The van der Waals surface area contributed by atoms with Crippen molar-refractivity contribution in [3.63, 3.8) is 0 Å². The van der Waals surface area contributed by atoms with E-state index in [0.29, 0.717) is 16.7 Å². The Labute approximate surface area is 142 Å². The molecule has 4 nitrogen and oxygen atoms in total. The van der Waals surface area contributed by atoms with Gasteiger partial charge in [-0.15, -0.1) is 0 Å². The molecule has 1 amide bonds. The zero-order chi connectivity index (χ0) is 17.7. The summed E-state index contributed by atoms with van der Waals surface area (Å²) in [6.45, 7) is 1.13. The molecule has 0 aliphatic carbocycles. The van der Waals surface area contributed by atoms with Crippen LogP contribution in [-0.2, 0) is 9.53 Å². The lowest BCUT2D eigenvalue weighted by atomic mass is 10.1. The average molecular weight is 354 g/mol. The molecule has 1 atom stereocenters. The number of halogens is 3. The number of nitrogens with one attached hydrogen (secondary N) is 1. The lowest BCUT2D eigenvalue weighted by molar-refractivity contribution is -0.124. The van der Waals surface area contributed by atoms with Gasteiger partial charge in [-0.25, -0.2) is 13.6 Å². The summed E-state index contributed by atoms with van der Waals surface area (Å²) in [6.07, 6.45) is 0. The van der Waals surface area contributed by atoms with E-state index in [-0.39, 0.29) is 0 Å². The molecule has 0 heterocycles. The average Bonchev–Trinajstić information content (AvgIpc) is 2.53. The van der Waals surface area contributed by atoms with Crippen molar-refractivity contribution in [2.45, 2.75) is 13.0 Å². The number of carbonyl (C=O) groups is 2. The zero-order valence-electron chi connectivity index (χ0n) is 12.7. The molecule has 0 bridgehead atoms. The van der Waals surface area contributed by atoms with Gasteiger partial charge in [-0.05, 0) is 30.7 Å². The van der Waals surface area contributed by atoms with Gasteiger partial charge in [0.2, 0.25) is 0 Å². The molecule has 24 heavy (non-hydrogen) atoms. The smallest absolute Gasteiger partial charge is 0.341 e. The number of ether oxygens (including phenoxy) is 1. The van der Waals surface area contributed by atoms with Crippen LogP contribution in [0.2, 0.25) is 5.02 Å². The van der Waals surface area contributed by atoms with E-state index < -0.39 is 41.7 Å². The van der Waals surface area contributed by atoms with E-state index >= 15 is 0 Å². The normalized spacial score (nSPS) is 11.7. The molecular weight excluding hydrogens is 340 g/mol. The molecule has 0 saturated heterocycles. The van der Waals surface area contributed by atoms with Crippen molar-refractivity contribution in [1.82, 2.24) is 5.32 Å². The minimum absolute atomic E-state index is 0.396. The van der Waals surface area contributed by atoms with Gasteiger partial charge in [0.05, 0.1) is 11.6 Å². The van der Waals surface area contributed by atoms with E-state index in [1.165, 1.54) is 0 Å². The van der Waals surface area contributed by atoms with Gasteiger partial charge < -0.3 is 10.1 Å². The highest BCUT2D eigenvalue weighted by atomic mass is 35.5. The molecule has 0 fully saturated rings. The summed E-state index contributed by atoms with van der Waals surface area (Å²) in [5.74, 6) is -3.48. The lowest BCUT2D eigenvalue weighted by Gasteiger charge is -2.15. The minimum atomic E-state index is -1.05. The second kappa shape index (κ2) is 7.88. The molecule has 126 valence electrons. The van der Waals surface area contributed by atoms with Crippen molar-refractivity contribution in [3.8, 4) is 0 Å². The highest BCUT2D eigenvalue weighted by molar-refractivity contribution is 6.31. The third kappa shape index (κ3) is 4.52. The van der Waals surface area contributed by atoms with E-state index in [2.05, 4.69) is 5.32 Å². The number of benzene rings is 2. The molecule has 0 spiro atoms. The molecule has 2 aromatic carbocycles. The van der Waals surface area contributed by atoms with Crippen LogP contribution in [-0.4, -0.2) is 18.5 Å².